The van der Waals surface area contributed by atoms with E-state index >= 15 is 0 Å². The minimum absolute atomic E-state index is 0.0418. The standard InChI is InChI=1S/C17H23NO2S/c1-13-6-8-15(9-7-13)21(19,20)18-11-16-14(2)5-4-10-17(16,3)12-18/h6-9H,4-5,10-12H2,1-3H3/t17-/m0/s1. The molecule has 3 nitrogen and oxygen atoms in total. The van der Waals surface area contributed by atoms with Crippen LogP contribution in [0, 0.1) is 12.3 Å². The number of sulfonamides is 1. The van der Waals surface area contributed by atoms with E-state index in [2.05, 4.69) is 13.8 Å². The monoisotopic (exact) mass is 305 g/mol. The first-order valence-corrected chi connectivity index (χ1v) is 9.03. The lowest BCUT2D eigenvalue weighted by molar-refractivity contribution is 0.329. The molecule has 1 aliphatic carbocycles. The average Bonchev–Trinajstić information content (AvgIpc) is 2.79. The number of hydrogen-bond donors (Lipinski definition) is 0. The summed E-state index contributed by atoms with van der Waals surface area (Å²) >= 11 is 0. The number of rotatable bonds is 2. The zero-order valence-corrected chi connectivity index (χ0v) is 13.8. The van der Waals surface area contributed by atoms with Gasteiger partial charge in [-0.25, -0.2) is 8.42 Å². The molecule has 21 heavy (non-hydrogen) atoms. The Morgan fingerprint density at radius 3 is 2.43 bits per heavy atom. The summed E-state index contributed by atoms with van der Waals surface area (Å²) in [7, 11) is -3.38. The van der Waals surface area contributed by atoms with Crippen LogP contribution in [0.25, 0.3) is 0 Å². The van der Waals surface area contributed by atoms with E-state index in [1.807, 2.05) is 19.1 Å². The smallest absolute Gasteiger partial charge is 0.207 e. The molecule has 0 aromatic heterocycles. The van der Waals surface area contributed by atoms with Crippen LogP contribution in [0.5, 0.6) is 0 Å². The molecular weight excluding hydrogens is 282 g/mol. The van der Waals surface area contributed by atoms with Crippen LogP contribution in [-0.4, -0.2) is 25.8 Å². The molecule has 2 aliphatic rings. The maximum Gasteiger partial charge on any atom is 0.243 e. The molecule has 1 heterocycles. The number of nitrogens with zero attached hydrogens (tertiary/aromatic N) is 1. The van der Waals surface area contributed by atoms with Gasteiger partial charge in [-0.3, -0.25) is 0 Å². The van der Waals surface area contributed by atoms with Crippen molar-refractivity contribution in [2.45, 2.75) is 44.9 Å². The van der Waals surface area contributed by atoms with Gasteiger partial charge in [-0.2, -0.15) is 4.31 Å². The van der Waals surface area contributed by atoms with E-state index in [1.54, 1.807) is 16.4 Å². The molecule has 1 aliphatic heterocycles. The van der Waals surface area contributed by atoms with Gasteiger partial charge < -0.3 is 0 Å². The van der Waals surface area contributed by atoms with Crippen molar-refractivity contribution in [3.8, 4) is 0 Å². The summed E-state index contributed by atoms with van der Waals surface area (Å²) in [5.74, 6) is 0. The lowest BCUT2D eigenvalue weighted by Gasteiger charge is -2.31. The van der Waals surface area contributed by atoms with Gasteiger partial charge in [0.2, 0.25) is 10.0 Å². The summed E-state index contributed by atoms with van der Waals surface area (Å²) in [5.41, 5.74) is 3.87. The molecule has 0 unspecified atom stereocenters. The van der Waals surface area contributed by atoms with E-state index in [1.165, 1.54) is 17.6 Å². The number of hydrogen-bond acceptors (Lipinski definition) is 2. The van der Waals surface area contributed by atoms with Crippen LogP contribution >= 0.6 is 0 Å². The summed E-state index contributed by atoms with van der Waals surface area (Å²) in [6, 6.07) is 7.16. The third-order valence-corrected chi connectivity index (χ3v) is 6.85. The molecule has 0 radical (unpaired) electrons. The largest absolute Gasteiger partial charge is 0.243 e. The number of fused-ring (bicyclic) bond motifs is 1. The van der Waals surface area contributed by atoms with E-state index in [9.17, 15) is 8.42 Å². The molecule has 1 aromatic rings. The maximum atomic E-state index is 12.8. The van der Waals surface area contributed by atoms with Gasteiger partial charge in [-0.1, -0.05) is 30.2 Å². The minimum atomic E-state index is -3.38. The number of allylic oxidation sites excluding steroid dienone is 1. The summed E-state index contributed by atoms with van der Waals surface area (Å²) < 4.78 is 27.4. The van der Waals surface area contributed by atoms with Crippen molar-refractivity contribution in [1.29, 1.82) is 0 Å². The molecule has 0 saturated carbocycles. The van der Waals surface area contributed by atoms with Crippen LogP contribution in [-0.2, 0) is 10.0 Å². The Morgan fingerprint density at radius 1 is 1.14 bits per heavy atom. The fourth-order valence-corrected chi connectivity index (χ4v) is 5.24. The molecule has 0 bridgehead atoms. The Labute approximate surface area is 127 Å². The van der Waals surface area contributed by atoms with Gasteiger partial charge >= 0.3 is 0 Å². The van der Waals surface area contributed by atoms with Crippen molar-refractivity contribution in [2.75, 3.05) is 13.1 Å². The van der Waals surface area contributed by atoms with Gasteiger partial charge in [0.05, 0.1) is 4.90 Å². The second-order valence-corrected chi connectivity index (χ2v) is 8.70. The van der Waals surface area contributed by atoms with E-state index < -0.39 is 10.0 Å². The van der Waals surface area contributed by atoms with Crippen molar-refractivity contribution in [3.05, 3.63) is 41.0 Å². The summed E-state index contributed by atoms with van der Waals surface area (Å²) in [6.07, 6.45) is 3.38. The Morgan fingerprint density at radius 2 is 1.81 bits per heavy atom. The van der Waals surface area contributed by atoms with Gasteiger partial charge in [-0.05, 0) is 50.8 Å². The molecule has 1 atom stereocenters. The summed E-state index contributed by atoms with van der Waals surface area (Å²) in [6.45, 7) is 7.54. The molecule has 1 aromatic carbocycles. The Hall–Kier alpha value is -1.13. The second-order valence-electron chi connectivity index (χ2n) is 6.76. The van der Waals surface area contributed by atoms with Gasteiger partial charge in [-0.15, -0.1) is 0 Å². The third-order valence-electron chi connectivity index (χ3n) is 5.04. The normalized spacial score (nSPS) is 27.0. The van der Waals surface area contributed by atoms with Gasteiger partial charge in [0, 0.05) is 18.5 Å². The van der Waals surface area contributed by atoms with Crippen LogP contribution in [0.15, 0.2) is 40.3 Å². The molecular formula is C17H23NO2S. The number of benzene rings is 1. The highest BCUT2D eigenvalue weighted by Crippen LogP contribution is 2.46. The van der Waals surface area contributed by atoms with Gasteiger partial charge in [0.25, 0.3) is 0 Å². The average molecular weight is 305 g/mol. The Balaban J connectivity index is 1.96. The molecule has 1 saturated heterocycles. The number of aryl methyl sites for hydroxylation is 1. The summed E-state index contributed by atoms with van der Waals surface area (Å²) in [5, 5.41) is 0. The van der Waals surface area contributed by atoms with Crippen LogP contribution in [0.3, 0.4) is 0 Å². The maximum absolute atomic E-state index is 12.8. The third kappa shape index (κ3) is 2.44. The second kappa shape index (κ2) is 4.96. The van der Waals surface area contributed by atoms with Crippen molar-refractivity contribution in [1.82, 2.24) is 4.31 Å². The van der Waals surface area contributed by atoms with Crippen LogP contribution in [0.1, 0.15) is 38.7 Å². The zero-order valence-electron chi connectivity index (χ0n) is 13.0. The minimum Gasteiger partial charge on any atom is -0.207 e. The highest BCUT2D eigenvalue weighted by atomic mass is 32.2. The van der Waals surface area contributed by atoms with Crippen LogP contribution < -0.4 is 0 Å². The van der Waals surface area contributed by atoms with Crippen molar-refractivity contribution >= 4 is 10.0 Å². The Kier molecular flexibility index (Phi) is 3.49. The van der Waals surface area contributed by atoms with Crippen LogP contribution in [0.4, 0.5) is 0 Å². The predicted molar refractivity (Wildman–Crippen MR) is 84.6 cm³/mol. The predicted octanol–water partition coefficient (Wildman–Crippen LogP) is 3.51. The lowest BCUT2D eigenvalue weighted by Crippen LogP contribution is -2.31. The first-order valence-electron chi connectivity index (χ1n) is 7.59. The molecule has 0 amide bonds. The van der Waals surface area contributed by atoms with Crippen LogP contribution in [0.2, 0.25) is 0 Å². The molecule has 3 rings (SSSR count). The van der Waals surface area contributed by atoms with Gasteiger partial charge in [0.15, 0.2) is 0 Å². The molecule has 1 fully saturated rings. The fraction of sp³-hybridized carbons (Fsp3) is 0.529. The zero-order chi connectivity index (χ0) is 15.3. The van der Waals surface area contributed by atoms with Gasteiger partial charge in [0.1, 0.15) is 0 Å². The SMILES string of the molecule is CC1=C2CN(S(=O)(=O)c3ccc(C)cc3)C[C@]2(C)CCC1. The highest BCUT2D eigenvalue weighted by molar-refractivity contribution is 7.89. The van der Waals surface area contributed by atoms with E-state index in [0.29, 0.717) is 18.0 Å². The lowest BCUT2D eigenvalue weighted by atomic mass is 9.73. The quantitative estimate of drug-likeness (QED) is 0.784. The molecule has 114 valence electrons. The Bertz CT molecular complexity index is 688. The first-order chi connectivity index (χ1) is 9.83. The molecule has 4 heteroatoms. The topological polar surface area (TPSA) is 37.4 Å². The first kappa shape index (κ1) is 14.8. The summed E-state index contributed by atoms with van der Waals surface area (Å²) in [4.78, 5) is 0.411. The van der Waals surface area contributed by atoms with E-state index in [0.717, 1.165) is 18.4 Å². The van der Waals surface area contributed by atoms with Crippen molar-refractivity contribution in [2.24, 2.45) is 5.41 Å². The van der Waals surface area contributed by atoms with Crippen molar-refractivity contribution in [3.63, 3.8) is 0 Å². The fourth-order valence-electron chi connectivity index (χ4n) is 3.71. The molecule has 0 N–H and O–H groups in total. The highest BCUT2D eigenvalue weighted by Gasteiger charge is 2.45. The molecule has 0 spiro atoms. The van der Waals surface area contributed by atoms with E-state index in [-0.39, 0.29) is 5.41 Å². The van der Waals surface area contributed by atoms with Crippen molar-refractivity contribution < 1.29 is 8.42 Å². The van der Waals surface area contributed by atoms with E-state index in [4.69, 9.17) is 0 Å².